The molecular weight excluding hydrogens is 224 g/mol. The molecule has 1 saturated heterocycles. The highest BCUT2D eigenvalue weighted by molar-refractivity contribution is 7.99. The Morgan fingerprint density at radius 2 is 2.62 bits per heavy atom. The van der Waals surface area contributed by atoms with Crippen molar-refractivity contribution in [1.82, 2.24) is 20.2 Å². The zero-order valence-corrected chi connectivity index (χ0v) is 9.87. The zero-order valence-electron chi connectivity index (χ0n) is 9.06. The van der Waals surface area contributed by atoms with Gasteiger partial charge in [-0.25, -0.2) is 4.98 Å². The van der Waals surface area contributed by atoms with Gasteiger partial charge >= 0.3 is 0 Å². The van der Waals surface area contributed by atoms with Crippen LogP contribution in [0.2, 0.25) is 0 Å². The lowest BCUT2D eigenvalue weighted by atomic mass is 10.3. The van der Waals surface area contributed by atoms with E-state index in [2.05, 4.69) is 15.6 Å². The molecule has 0 bridgehead atoms. The minimum absolute atomic E-state index is 0.00162. The van der Waals surface area contributed by atoms with Gasteiger partial charge < -0.3 is 9.88 Å². The standard InChI is InChI=1S/C10H16N4OS/c15-10(9-6-16-8-13-9)12-2-1-4-14-5-3-11-7-14/h3,5,7,9,13H,1-2,4,6,8H2,(H,12,15). The van der Waals surface area contributed by atoms with Crippen LogP contribution in [-0.4, -0.2) is 39.7 Å². The Balaban J connectivity index is 1.59. The zero-order chi connectivity index (χ0) is 11.2. The maximum atomic E-state index is 11.6. The van der Waals surface area contributed by atoms with Crippen LogP contribution in [-0.2, 0) is 11.3 Å². The van der Waals surface area contributed by atoms with E-state index in [1.165, 1.54) is 0 Å². The maximum absolute atomic E-state index is 11.6. The summed E-state index contributed by atoms with van der Waals surface area (Å²) < 4.78 is 2.01. The molecule has 0 aromatic carbocycles. The van der Waals surface area contributed by atoms with Gasteiger partial charge in [0, 0.05) is 37.1 Å². The van der Waals surface area contributed by atoms with Crippen LogP contribution in [0.5, 0.6) is 0 Å². The number of thioether (sulfide) groups is 1. The van der Waals surface area contributed by atoms with E-state index < -0.39 is 0 Å². The molecule has 6 heteroatoms. The van der Waals surface area contributed by atoms with E-state index in [9.17, 15) is 4.79 Å². The predicted octanol–water partition coefficient (Wildman–Crippen LogP) is 0.0519. The number of carbonyl (C=O) groups excluding carboxylic acids is 1. The molecule has 16 heavy (non-hydrogen) atoms. The summed E-state index contributed by atoms with van der Waals surface area (Å²) >= 11 is 1.76. The molecule has 1 aliphatic rings. The molecule has 0 saturated carbocycles. The molecule has 2 heterocycles. The van der Waals surface area contributed by atoms with E-state index in [-0.39, 0.29) is 11.9 Å². The maximum Gasteiger partial charge on any atom is 0.238 e. The van der Waals surface area contributed by atoms with Crippen molar-refractivity contribution in [2.75, 3.05) is 18.2 Å². The van der Waals surface area contributed by atoms with E-state index in [4.69, 9.17) is 0 Å². The number of imidazole rings is 1. The fourth-order valence-corrected chi connectivity index (χ4v) is 2.52. The Morgan fingerprint density at radius 1 is 1.69 bits per heavy atom. The van der Waals surface area contributed by atoms with Gasteiger partial charge in [-0.05, 0) is 6.42 Å². The van der Waals surface area contributed by atoms with Crippen LogP contribution in [0.4, 0.5) is 0 Å². The molecule has 1 aliphatic heterocycles. The molecule has 0 spiro atoms. The molecular formula is C10H16N4OS. The van der Waals surface area contributed by atoms with Crippen LogP contribution in [0.1, 0.15) is 6.42 Å². The Kier molecular flexibility index (Phi) is 4.24. The molecule has 0 radical (unpaired) electrons. The predicted molar refractivity (Wildman–Crippen MR) is 64.1 cm³/mol. The first-order chi connectivity index (χ1) is 7.86. The van der Waals surface area contributed by atoms with Gasteiger partial charge in [0.05, 0.1) is 12.4 Å². The minimum Gasteiger partial charge on any atom is -0.355 e. The van der Waals surface area contributed by atoms with Crippen molar-refractivity contribution in [2.24, 2.45) is 0 Å². The summed E-state index contributed by atoms with van der Waals surface area (Å²) in [4.78, 5) is 15.6. The fourth-order valence-electron chi connectivity index (χ4n) is 1.58. The third-order valence-corrected chi connectivity index (χ3v) is 3.42. The molecule has 1 atom stereocenters. The number of hydrogen-bond donors (Lipinski definition) is 2. The van der Waals surface area contributed by atoms with Gasteiger partial charge in [0.1, 0.15) is 0 Å². The minimum atomic E-state index is -0.00162. The van der Waals surface area contributed by atoms with Gasteiger partial charge in [-0.1, -0.05) is 0 Å². The molecule has 88 valence electrons. The second kappa shape index (κ2) is 5.91. The lowest BCUT2D eigenvalue weighted by molar-refractivity contribution is -0.122. The van der Waals surface area contributed by atoms with E-state index in [0.717, 1.165) is 31.1 Å². The first-order valence-corrected chi connectivity index (χ1v) is 6.56. The number of nitrogens with one attached hydrogen (secondary N) is 2. The SMILES string of the molecule is O=C(NCCCn1ccnc1)C1CSCN1. The average molecular weight is 240 g/mol. The lowest BCUT2D eigenvalue weighted by Crippen LogP contribution is -2.42. The number of carbonyl (C=O) groups is 1. The number of aryl methyl sites for hydroxylation is 1. The molecule has 2 rings (SSSR count). The van der Waals surface area contributed by atoms with Gasteiger partial charge in [-0.2, -0.15) is 0 Å². The Hall–Kier alpha value is -1.01. The highest BCUT2D eigenvalue weighted by Crippen LogP contribution is 2.09. The summed E-state index contributed by atoms with van der Waals surface area (Å²) in [5.41, 5.74) is 0. The second-order valence-corrected chi connectivity index (χ2v) is 4.75. The Bertz CT molecular complexity index is 322. The molecule has 1 aromatic rings. The van der Waals surface area contributed by atoms with E-state index in [1.807, 2.05) is 10.8 Å². The van der Waals surface area contributed by atoms with Crippen molar-refractivity contribution < 1.29 is 4.79 Å². The highest BCUT2D eigenvalue weighted by atomic mass is 32.2. The third-order valence-electron chi connectivity index (χ3n) is 2.48. The van der Waals surface area contributed by atoms with Crippen molar-refractivity contribution in [2.45, 2.75) is 19.0 Å². The number of nitrogens with zero attached hydrogens (tertiary/aromatic N) is 2. The summed E-state index contributed by atoms with van der Waals surface area (Å²) in [7, 11) is 0. The van der Waals surface area contributed by atoms with E-state index in [0.29, 0.717) is 0 Å². The first-order valence-electron chi connectivity index (χ1n) is 5.41. The molecule has 1 unspecified atom stereocenters. The van der Waals surface area contributed by atoms with Crippen LogP contribution in [0.15, 0.2) is 18.7 Å². The molecule has 1 fully saturated rings. The molecule has 1 aromatic heterocycles. The van der Waals surface area contributed by atoms with Gasteiger partial charge in [0.15, 0.2) is 0 Å². The van der Waals surface area contributed by atoms with Gasteiger partial charge in [0.2, 0.25) is 5.91 Å². The van der Waals surface area contributed by atoms with Crippen molar-refractivity contribution >= 4 is 17.7 Å². The summed E-state index contributed by atoms with van der Waals surface area (Å²) in [6, 6.07) is -0.00162. The fraction of sp³-hybridized carbons (Fsp3) is 0.600. The van der Waals surface area contributed by atoms with Crippen molar-refractivity contribution in [3.8, 4) is 0 Å². The van der Waals surface area contributed by atoms with Gasteiger partial charge in [-0.3, -0.25) is 10.1 Å². The van der Waals surface area contributed by atoms with Crippen molar-refractivity contribution in [3.05, 3.63) is 18.7 Å². The summed E-state index contributed by atoms with van der Waals surface area (Å²) in [5, 5.41) is 6.09. The number of aromatic nitrogens is 2. The first kappa shape index (κ1) is 11.5. The number of amides is 1. The Labute approximate surface area is 99.0 Å². The summed E-state index contributed by atoms with van der Waals surface area (Å²) in [6.45, 7) is 1.62. The third kappa shape index (κ3) is 3.24. The average Bonchev–Trinajstić information content (AvgIpc) is 2.96. The van der Waals surface area contributed by atoms with Gasteiger partial charge in [-0.15, -0.1) is 11.8 Å². The smallest absolute Gasteiger partial charge is 0.238 e. The van der Waals surface area contributed by atoms with Crippen LogP contribution in [0, 0.1) is 0 Å². The van der Waals surface area contributed by atoms with Crippen LogP contribution < -0.4 is 10.6 Å². The molecule has 2 N–H and O–H groups in total. The van der Waals surface area contributed by atoms with Crippen LogP contribution >= 0.6 is 11.8 Å². The number of rotatable bonds is 5. The second-order valence-electron chi connectivity index (χ2n) is 3.72. The summed E-state index contributed by atoms with van der Waals surface area (Å²) in [6.07, 6.45) is 6.41. The lowest BCUT2D eigenvalue weighted by Gasteiger charge is -2.10. The number of hydrogen-bond acceptors (Lipinski definition) is 4. The van der Waals surface area contributed by atoms with E-state index >= 15 is 0 Å². The monoisotopic (exact) mass is 240 g/mol. The quantitative estimate of drug-likeness (QED) is 0.714. The molecule has 5 nitrogen and oxygen atoms in total. The summed E-state index contributed by atoms with van der Waals surface area (Å²) in [5.74, 6) is 1.89. The largest absolute Gasteiger partial charge is 0.355 e. The van der Waals surface area contributed by atoms with E-state index in [1.54, 1.807) is 24.3 Å². The normalized spacial score (nSPS) is 19.9. The van der Waals surface area contributed by atoms with Gasteiger partial charge in [0.25, 0.3) is 0 Å². The molecule has 1 amide bonds. The van der Waals surface area contributed by atoms with Crippen molar-refractivity contribution in [3.63, 3.8) is 0 Å². The van der Waals surface area contributed by atoms with Crippen molar-refractivity contribution in [1.29, 1.82) is 0 Å². The van der Waals surface area contributed by atoms with Crippen LogP contribution in [0.3, 0.4) is 0 Å². The topological polar surface area (TPSA) is 59.0 Å². The van der Waals surface area contributed by atoms with Crippen LogP contribution in [0.25, 0.3) is 0 Å². The Morgan fingerprint density at radius 3 is 3.31 bits per heavy atom. The highest BCUT2D eigenvalue weighted by Gasteiger charge is 2.21. The molecule has 0 aliphatic carbocycles.